The van der Waals surface area contributed by atoms with Crippen molar-refractivity contribution in [1.29, 1.82) is 0 Å². The van der Waals surface area contributed by atoms with Gasteiger partial charge in [0.15, 0.2) is 5.11 Å². The van der Waals surface area contributed by atoms with Crippen LogP contribution in [0.1, 0.15) is 11.1 Å². The summed E-state index contributed by atoms with van der Waals surface area (Å²) in [5.74, 6) is -0.313. The number of nitrogens with one attached hydrogen (secondary N) is 3. The number of amides is 2. The van der Waals surface area contributed by atoms with Crippen molar-refractivity contribution in [3.63, 3.8) is 0 Å². The Bertz CT molecular complexity index is 1020. The maximum Gasteiger partial charge on any atom is 0.230 e. The number of anilines is 2. The van der Waals surface area contributed by atoms with Gasteiger partial charge < -0.3 is 16.0 Å². The standard InChI is InChI=1S/C23H20ClN3O2S/c24-18-8-6-17(7-9-18)15-22(29)27-23(30)26-20-12-10-19(11-13-20)25-21(28)14-16-4-2-1-3-5-16/h1-13H,14-15H2,(H,25,28)(H2,26,27,29,30). The van der Waals surface area contributed by atoms with Crippen LogP contribution < -0.4 is 16.0 Å². The molecule has 30 heavy (non-hydrogen) atoms. The fraction of sp³-hybridized carbons (Fsp3) is 0.0870. The molecule has 0 unspecified atom stereocenters. The van der Waals surface area contributed by atoms with E-state index in [1.54, 1.807) is 48.5 Å². The Labute approximate surface area is 185 Å². The van der Waals surface area contributed by atoms with Gasteiger partial charge in [-0.1, -0.05) is 54.1 Å². The molecule has 0 spiro atoms. The van der Waals surface area contributed by atoms with Crippen molar-refractivity contribution in [2.45, 2.75) is 12.8 Å². The van der Waals surface area contributed by atoms with Crippen LogP contribution >= 0.6 is 23.8 Å². The van der Waals surface area contributed by atoms with Gasteiger partial charge in [0.2, 0.25) is 11.8 Å². The van der Waals surface area contributed by atoms with Crippen LogP contribution in [-0.4, -0.2) is 16.9 Å². The van der Waals surface area contributed by atoms with Gasteiger partial charge in [-0.05, 0) is 59.7 Å². The summed E-state index contributed by atoms with van der Waals surface area (Å²) in [4.78, 5) is 24.2. The number of halogens is 1. The van der Waals surface area contributed by atoms with Crippen LogP contribution in [0.2, 0.25) is 5.02 Å². The van der Waals surface area contributed by atoms with Crippen molar-refractivity contribution in [2.75, 3.05) is 10.6 Å². The average molecular weight is 438 g/mol. The number of rotatable bonds is 6. The lowest BCUT2D eigenvalue weighted by Gasteiger charge is -2.11. The van der Waals surface area contributed by atoms with Gasteiger partial charge in [-0.25, -0.2) is 0 Å². The zero-order chi connectivity index (χ0) is 21.3. The van der Waals surface area contributed by atoms with Crippen LogP contribution in [0.3, 0.4) is 0 Å². The Morgan fingerprint density at radius 1 is 0.700 bits per heavy atom. The molecule has 2 amide bonds. The first-order valence-electron chi connectivity index (χ1n) is 9.27. The van der Waals surface area contributed by atoms with E-state index < -0.39 is 0 Å². The molecule has 0 aromatic heterocycles. The molecule has 0 aliphatic rings. The number of benzene rings is 3. The van der Waals surface area contributed by atoms with E-state index in [0.29, 0.717) is 22.8 Å². The van der Waals surface area contributed by atoms with Gasteiger partial charge >= 0.3 is 0 Å². The van der Waals surface area contributed by atoms with Gasteiger partial charge in [0.05, 0.1) is 12.8 Å². The number of carbonyl (C=O) groups excluding carboxylic acids is 2. The van der Waals surface area contributed by atoms with Crippen LogP contribution in [0.15, 0.2) is 78.9 Å². The summed E-state index contributed by atoms with van der Waals surface area (Å²) in [5.41, 5.74) is 3.18. The second-order valence-electron chi connectivity index (χ2n) is 6.59. The van der Waals surface area contributed by atoms with E-state index in [9.17, 15) is 9.59 Å². The van der Waals surface area contributed by atoms with E-state index >= 15 is 0 Å². The highest BCUT2D eigenvalue weighted by molar-refractivity contribution is 7.80. The lowest BCUT2D eigenvalue weighted by atomic mass is 10.1. The minimum absolute atomic E-state index is 0.0908. The molecular formula is C23H20ClN3O2S. The summed E-state index contributed by atoms with van der Waals surface area (Å²) >= 11 is 11.0. The van der Waals surface area contributed by atoms with E-state index in [0.717, 1.165) is 11.1 Å². The van der Waals surface area contributed by atoms with Crippen molar-refractivity contribution in [3.8, 4) is 0 Å². The van der Waals surface area contributed by atoms with Crippen molar-refractivity contribution < 1.29 is 9.59 Å². The average Bonchev–Trinajstić information content (AvgIpc) is 2.72. The molecule has 3 aromatic rings. The molecule has 5 nitrogen and oxygen atoms in total. The van der Waals surface area contributed by atoms with E-state index in [-0.39, 0.29) is 23.3 Å². The first-order valence-corrected chi connectivity index (χ1v) is 10.1. The van der Waals surface area contributed by atoms with Crippen molar-refractivity contribution in [2.24, 2.45) is 0 Å². The molecule has 0 heterocycles. The third-order valence-electron chi connectivity index (χ3n) is 4.16. The highest BCUT2D eigenvalue weighted by Gasteiger charge is 2.07. The SMILES string of the molecule is O=C(Cc1ccc(Cl)cc1)NC(=S)Nc1ccc(NC(=O)Cc2ccccc2)cc1. The quantitative estimate of drug-likeness (QED) is 0.494. The number of carbonyl (C=O) groups is 2. The second-order valence-corrected chi connectivity index (χ2v) is 7.44. The zero-order valence-corrected chi connectivity index (χ0v) is 17.6. The molecule has 3 N–H and O–H groups in total. The molecule has 7 heteroatoms. The molecule has 0 bridgehead atoms. The molecule has 0 atom stereocenters. The van der Waals surface area contributed by atoms with Crippen molar-refractivity contribution in [1.82, 2.24) is 5.32 Å². The van der Waals surface area contributed by atoms with E-state index in [4.69, 9.17) is 23.8 Å². The van der Waals surface area contributed by atoms with Gasteiger partial charge in [-0.2, -0.15) is 0 Å². The van der Waals surface area contributed by atoms with Crippen molar-refractivity contribution >= 4 is 52.1 Å². The molecule has 0 aliphatic heterocycles. The van der Waals surface area contributed by atoms with Crippen LogP contribution in [-0.2, 0) is 22.4 Å². The molecular weight excluding hydrogens is 418 g/mol. The van der Waals surface area contributed by atoms with Gasteiger partial charge in [0.25, 0.3) is 0 Å². The lowest BCUT2D eigenvalue weighted by molar-refractivity contribution is -0.119. The Morgan fingerprint density at radius 2 is 1.23 bits per heavy atom. The predicted molar refractivity (Wildman–Crippen MR) is 125 cm³/mol. The summed E-state index contributed by atoms with van der Waals surface area (Å²) in [5, 5.41) is 9.28. The highest BCUT2D eigenvalue weighted by atomic mass is 35.5. The Balaban J connectivity index is 1.46. The first kappa shape index (κ1) is 21.5. The van der Waals surface area contributed by atoms with E-state index in [1.165, 1.54) is 0 Å². The third kappa shape index (κ3) is 6.99. The van der Waals surface area contributed by atoms with Gasteiger partial charge in [-0.15, -0.1) is 0 Å². The third-order valence-corrected chi connectivity index (χ3v) is 4.62. The molecule has 3 rings (SSSR count). The number of hydrogen-bond donors (Lipinski definition) is 3. The van der Waals surface area contributed by atoms with E-state index in [2.05, 4.69) is 16.0 Å². The topological polar surface area (TPSA) is 70.2 Å². The maximum absolute atomic E-state index is 12.1. The Hall–Kier alpha value is -3.22. The molecule has 3 aromatic carbocycles. The number of hydrogen-bond acceptors (Lipinski definition) is 3. The fourth-order valence-corrected chi connectivity index (χ4v) is 3.10. The first-order chi connectivity index (χ1) is 14.5. The van der Waals surface area contributed by atoms with Gasteiger partial charge in [0.1, 0.15) is 0 Å². The molecule has 0 saturated heterocycles. The summed E-state index contributed by atoms with van der Waals surface area (Å²) in [6.45, 7) is 0. The molecule has 0 radical (unpaired) electrons. The minimum atomic E-state index is -0.223. The van der Waals surface area contributed by atoms with Crippen LogP contribution in [0, 0.1) is 0 Å². The summed E-state index contributed by atoms with van der Waals surface area (Å²) in [6.07, 6.45) is 0.510. The van der Waals surface area contributed by atoms with E-state index in [1.807, 2.05) is 30.3 Å². The summed E-state index contributed by atoms with van der Waals surface area (Å²) in [6, 6.07) is 23.7. The van der Waals surface area contributed by atoms with Crippen LogP contribution in [0.4, 0.5) is 11.4 Å². The number of thiocarbonyl (C=S) groups is 1. The van der Waals surface area contributed by atoms with Crippen LogP contribution in [0.5, 0.6) is 0 Å². The second kappa shape index (κ2) is 10.5. The molecule has 0 aliphatic carbocycles. The summed E-state index contributed by atoms with van der Waals surface area (Å²) in [7, 11) is 0. The highest BCUT2D eigenvalue weighted by Crippen LogP contribution is 2.14. The maximum atomic E-state index is 12.1. The van der Waals surface area contributed by atoms with Gasteiger partial charge in [-0.3, -0.25) is 9.59 Å². The predicted octanol–water partition coefficient (Wildman–Crippen LogP) is 4.58. The smallest absolute Gasteiger partial charge is 0.230 e. The fourth-order valence-electron chi connectivity index (χ4n) is 2.74. The summed E-state index contributed by atoms with van der Waals surface area (Å²) < 4.78 is 0. The monoisotopic (exact) mass is 437 g/mol. The zero-order valence-electron chi connectivity index (χ0n) is 16.0. The largest absolute Gasteiger partial charge is 0.332 e. The molecule has 152 valence electrons. The Morgan fingerprint density at radius 3 is 1.87 bits per heavy atom. The lowest BCUT2D eigenvalue weighted by Crippen LogP contribution is -2.35. The minimum Gasteiger partial charge on any atom is -0.332 e. The van der Waals surface area contributed by atoms with Gasteiger partial charge in [0, 0.05) is 16.4 Å². The Kier molecular flexibility index (Phi) is 7.54. The molecule has 0 fully saturated rings. The van der Waals surface area contributed by atoms with Crippen molar-refractivity contribution in [3.05, 3.63) is 95.0 Å². The molecule has 0 saturated carbocycles. The van der Waals surface area contributed by atoms with Crippen LogP contribution in [0.25, 0.3) is 0 Å². The normalized spacial score (nSPS) is 10.2.